The highest BCUT2D eigenvalue weighted by molar-refractivity contribution is 6.25. The fourth-order valence-electron chi connectivity index (χ4n) is 1.44. The Bertz CT molecular complexity index is 416. The van der Waals surface area contributed by atoms with Crippen molar-refractivity contribution in [1.29, 1.82) is 0 Å². The van der Waals surface area contributed by atoms with Gasteiger partial charge in [0.05, 0.1) is 12.7 Å². The van der Waals surface area contributed by atoms with Gasteiger partial charge in [0.15, 0.2) is 0 Å². The Balaban J connectivity index is 4.60. The lowest BCUT2D eigenvalue weighted by atomic mass is 10.1. The number of hydrogen-bond donors (Lipinski definition) is 1. The van der Waals surface area contributed by atoms with E-state index in [0.717, 1.165) is 6.21 Å². The summed E-state index contributed by atoms with van der Waals surface area (Å²) in [6.07, 6.45) is 0.540. The van der Waals surface area contributed by atoms with Crippen LogP contribution in [0.5, 0.6) is 0 Å². The molecule has 0 aliphatic carbocycles. The molecule has 21 heavy (non-hydrogen) atoms. The molecule has 0 rings (SSSR count). The number of amides is 1. The minimum atomic E-state index is -0.923. The molecule has 0 saturated heterocycles. The van der Waals surface area contributed by atoms with Gasteiger partial charge in [-0.3, -0.25) is 9.59 Å². The van der Waals surface area contributed by atoms with Gasteiger partial charge in [-0.05, 0) is 20.3 Å². The Labute approximate surface area is 123 Å². The molecule has 0 aromatic carbocycles. The van der Waals surface area contributed by atoms with E-state index in [1.807, 2.05) is 0 Å². The van der Waals surface area contributed by atoms with E-state index in [-0.39, 0.29) is 37.9 Å². The van der Waals surface area contributed by atoms with Crippen molar-refractivity contribution >= 4 is 23.9 Å². The molecule has 8 nitrogen and oxygen atoms in total. The van der Waals surface area contributed by atoms with Crippen LogP contribution in [0.3, 0.4) is 0 Å². The Hall–Kier alpha value is -2.05. The maximum absolute atomic E-state index is 11.9. The van der Waals surface area contributed by atoms with Gasteiger partial charge in [0, 0.05) is 20.0 Å². The number of nitrogens with one attached hydrogen (secondary N) is 1. The maximum atomic E-state index is 11.9. The van der Waals surface area contributed by atoms with E-state index in [1.54, 1.807) is 13.8 Å². The predicted molar refractivity (Wildman–Crippen MR) is 73.6 cm³/mol. The van der Waals surface area contributed by atoms with Crippen LogP contribution in [0.25, 0.3) is 5.53 Å². The molecule has 0 spiro atoms. The van der Waals surface area contributed by atoms with Crippen molar-refractivity contribution in [3.63, 3.8) is 0 Å². The summed E-state index contributed by atoms with van der Waals surface area (Å²) in [5, 5.41) is 2.50. The number of nitrogens with zero attached hydrogens (tertiary/aromatic N) is 2. The van der Waals surface area contributed by atoms with E-state index in [2.05, 4.69) is 10.1 Å². The second kappa shape index (κ2) is 10.7. The van der Waals surface area contributed by atoms with E-state index >= 15 is 0 Å². The fourth-order valence-corrected chi connectivity index (χ4v) is 1.44. The summed E-state index contributed by atoms with van der Waals surface area (Å²) in [6, 6.07) is -0.923. The van der Waals surface area contributed by atoms with Gasteiger partial charge >= 0.3 is 12.2 Å². The second-order valence-electron chi connectivity index (χ2n) is 4.60. The molecule has 0 fully saturated rings. The summed E-state index contributed by atoms with van der Waals surface area (Å²) in [6.45, 7) is 3.60. The third-order valence-electron chi connectivity index (χ3n) is 2.39. The van der Waals surface area contributed by atoms with Crippen molar-refractivity contribution in [2.75, 3.05) is 13.7 Å². The first-order valence-electron chi connectivity index (χ1n) is 6.59. The third-order valence-corrected chi connectivity index (χ3v) is 2.39. The molecule has 1 amide bonds. The van der Waals surface area contributed by atoms with Crippen molar-refractivity contribution in [2.24, 2.45) is 0 Å². The molecule has 0 bridgehead atoms. The fraction of sp³-hybridized carbons (Fsp3) is 0.692. The second-order valence-corrected chi connectivity index (χ2v) is 4.60. The van der Waals surface area contributed by atoms with Crippen molar-refractivity contribution in [2.45, 2.75) is 45.3 Å². The molecule has 0 heterocycles. The summed E-state index contributed by atoms with van der Waals surface area (Å²) in [5.74, 6) is -1.43. The van der Waals surface area contributed by atoms with Gasteiger partial charge in [-0.2, -0.15) is 4.79 Å². The number of carbonyl (C=O) groups excluding carboxylic acids is 3. The quantitative estimate of drug-likeness (QED) is 0.266. The normalized spacial score (nSPS) is 11.4. The van der Waals surface area contributed by atoms with Crippen molar-refractivity contribution in [3.05, 3.63) is 5.53 Å². The number of methoxy groups -OCH3 is 1. The molecular weight excluding hydrogens is 278 g/mol. The van der Waals surface area contributed by atoms with Crippen molar-refractivity contribution in [3.8, 4) is 0 Å². The first-order valence-corrected chi connectivity index (χ1v) is 6.59. The van der Waals surface area contributed by atoms with Crippen LogP contribution in [-0.2, 0) is 23.9 Å². The minimum absolute atomic E-state index is 0.0491. The Morgan fingerprint density at radius 1 is 1.29 bits per heavy atom. The molecule has 0 aromatic rings. The van der Waals surface area contributed by atoms with Gasteiger partial charge in [-0.25, -0.2) is 4.79 Å². The van der Waals surface area contributed by atoms with E-state index in [1.165, 1.54) is 7.11 Å². The smallest absolute Gasteiger partial charge is 0.328 e. The first kappa shape index (κ1) is 18.9. The molecule has 1 N–H and O–H groups in total. The summed E-state index contributed by atoms with van der Waals surface area (Å²) < 4.78 is 9.80. The molecular formula is C13H21N3O5. The maximum Gasteiger partial charge on any atom is 0.328 e. The lowest BCUT2D eigenvalue weighted by Crippen LogP contribution is -2.43. The molecule has 118 valence electrons. The highest BCUT2D eigenvalue weighted by Gasteiger charge is 2.24. The minimum Gasteiger partial charge on any atom is -0.461 e. The van der Waals surface area contributed by atoms with E-state index in [9.17, 15) is 14.4 Å². The lowest BCUT2D eigenvalue weighted by Gasteiger charge is -2.18. The van der Waals surface area contributed by atoms with E-state index < -0.39 is 17.8 Å². The van der Waals surface area contributed by atoms with Crippen LogP contribution in [0.15, 0.2) is 0 Å². The highest BCUT2D eigenvalue weighted by Crippen LogP contribution is 2.03. The summed E-state index contributed by atoms with van der Waals surface area (Å²) in [4.78, 5) is 37.4. The first-order chi connectivity index (χ1) is 9.90. The molecule has 0 aliphatic rings. The molecule has 0 aliphatic heterocycles. The zero-order chi connectivity index (χ0) is 16.3. The zero-order valence-corrected chi connectivity index (χ0v) is 12.5. The lowest BCUT2D eigenvalue weighted by molar-refractivity contribution is -0.151. The molecule has 0 aromatic heterocycles. The monoisotopic (exact) mass is 299 g/mol. The standard InChI is InChI=1S/C13H21N3O5/c1-9(2)21-13(19)11(5-4-10(17)8-15-14)16-12(18)6-7-20-3/h8-9,11H,4-7H2,1-3H3,(H,16,18)/t11-/m0/s1. The van der Waals surface area contributed by atoms with Crippen molar-refractivity contribution < 1.29 is 28.6 Å². The van der Waals surface area contributed by atoms with Crippen LogP contribution in [0.1, 0.15) is 33.1 Å². The predicted octanol–water partition coefficient (Wildman–Crippen LogP) is 0.109. The van der Waals surface area contributed by atoms with Crippen LogP contribution in [0, 0.1) is 0 Å². The number of hydrogen-bond acceptors (Lipinski definition) is 5. The summed E-state index contributed by atoms with van der Waals surface area (Å²) in [5.41, 5.74) is 8.25. The van der Waals surface area contributed by atoms with Crippen LogP contribution >= 0.6 is 0 Å². The van der Waals surface area contributed by atoms with Gasteiger partial charge in [0.1, 0.15) is 6.04 Å². The van der Waals surface area contributed by atoms with Gasteiger partial charge in [0.25, 0.3) is 0 Å². The van der Waals surface area contributed by atoms with Gasteiger partial charge in [-0.1, -0.05) is 0 Å². The Kier molecular flexibility index (Phi) is 9.66. The zero-order valence-electron chi connectivity index (χ0n) is 12.5. The Morgan fingerprint density at radius 2 is 1.95 bits per heavy atom. The number of ether oxygens (including phenoxy) is 2. The average molecular weight is 299 g/mol. The third kappa shape index (κ3) is 9.48. The van der Waals surface area contributed by atoms with Gasteiger partial charge < -0.3 is 20.3 Å². The molecule has 0 radical (unpaired) electrons. The van der Waals surface area contributed by atoms with E-state index in [4.69, 9.17) is 15.0 Å². The number of esters is 1. The van der Waals surface area contributed by atoms with Crippen LogP contribution in [0.2, 0.25) is 0 Å². The van der Waals surface area contributed by atoms with Crippen LogP contribution in [-0.4, -0.2) is 54.5 Å². The number of ketones is 1. The number of rotatable bonds is 10. The number of carbonyl (C=O) groups is 3. The summed E-state index contributed by atoms with van der Waals surface area (Å²) in [7, 11) is 1.46. The van der Waals surface area contributed by atoms with Crippen LogP contribution < -0.4 is 5.32 Å². The number of Topliss-reactive ketones (excluding diaryl/α,β-unsaturated/α-hetero) is 1. The highest BCUT2D eigenvalue weighted by atomic mass is 16.5. The Morgan fingerprint density at radius 3 is 2.48 bits per heavy atom. The van der Waals surface area contributed by atoms with E-state index in [0.29, 0.717) is 0 Å². The van der Waals surface area contributed by atoms with Crippen molar-refractivity contribution in [1.82, 2.24) is 5.32 Å². The SMILES string of the molecule is COCCC(=O)N[C@@H](CCC(=O)C=[N+]=[N-])C(=O)OC(C)C. The molecule has 0 saturated carbocycles. The largest absolute Gasteiger partial charge is 0.461 e. The topological polar surface area (TPSA) is 118 Å². The van der Waals surface area contributed by atoms with Gasteiger partial charge in [-0.15, -0.1) is 0 Å². The molecule has 8 heteroatoms. The average Bonchev–Trinajstić information content (AvgIpc) is 2.40. The van der Waals surface area contributed by atoms with Crippen LogP contribution in [0.4, 0.5) is 0 Å². The molecule has 1 atom stereocenters. The van der Waals surface area contributed by atoms with Gasteiger partial charge in [0.2, 0.25) is 11.7 Å². The summed E-state index contributed by atoms with van der Waals surface area (Å²) >= 11 is 0. The molecule has 0 unspecified atom stereocenters.